The van der Waals surface area contributed by atoms with Crippen molar-refractivity contribution in [2.75, 3.05) is 13.1 Å². The van der Waals surface area contributed by atoms with Crippen LogP contribution in [0.3, 0.4) is 0 Å². The molecule has 154 valence electrons. The average molecular weight is 404 g/mol. The maximum absolute atomic E-state index is 10.8. The van der Waals surface area contributed by atoms with Crippen molar-refractivity contribution in [3.8, 4) is 5.69 Å². The van der Waals surface area contributed by atoms with E-state index < -0.39 is 5.60 Å². The summed E-state index contributed by atoms with van der Waals surface area (Å²) in [4.78, 5) is 14.7. The third-order valence-electron chi connectivity index (χ3n) is 5.38. The van der Waals surface area contributed by atoms with E-state index in [4.69, 9.17) is 10.8 Å². The lowest BCUT2D eigenvalue weighted by Gasteiger charge is -2.47. The van der Waals surface area contributed by atoms with E-state index in [1.54, 1.807) is 18.7 Å². The molecule has 0 amide bonds. The van der Waals surface area contributed by atoms with Crippen LogP contribution in [0.25, 0.3) is 5.69 Å². The van der Waals surface area contributed by atoms with Crippen LogP contribution in [-0.2, 0) is 12.2 Å². The number of likely N-dealkylation sites (tertiary alicyclic amines) is 1. The summed E-state index contributed by atoms with van der Waals surface area (Å²) in [5, 5.41) is 20.0. The number of β-amino-alcohol motifs (C(OH)–C–C–N with tert-alkyl or cyclic N) is 1. The predicted octanol–water partition coefficient (Wildman–Crippen LogP) is 1.45. The number of pyridine rings is 1. The molecular formula is C22H24N6O2. The van der Waals surface area contributed by atoms with Gasteiger partial charge >= 0.3 is 0 Å². The lowest BCUT2D eigenvalue weighted by molar-refractivity contribution is -0.0880. The molecule has 30 heavy (non-hydrogen) atoms. The normalized spacial score (nSPS) is 15.7. The summed E-state index contributed by atoms with van der Waals surface area (Å²) in [6.07, 6.45) is 5.13. The zero-order valence-corrected chi connectivity index (χ0v) is 16.7. The first-order valence-corrected chi connectivity index (χ1v) is 9.56. The molecular weight excluding hydrogens is 380 g/mol. The van der Waals surface area contributed by atoms with Crippen LogP contribution in [0.15, 0.2) is 72.5 Å². The molecule has 1 fully saturated rings. The summed E-state index contributed by atoms with van der Waals surface area (Å²) >= 11 is 0. The third-order valence-corrected chi connectivity index (χ3v) is 5.38. The van der Waals surface area contributed by atoms with Gasteiger partial charge in [0.1, 0.15) is 23.4 Å². The Morgan fingerprint density at radius 1 is 1.20 bits per heavy atom. The van der Waals surface area contributed by atoms with Gasteiger partial charge in [-0.3, -0.25) is 4.98 Å². The van der Waals surface area contributed by atoms with Gasteiger partial charge in [-0.1, -0.05) is 30.8 Å². The van der Waals surface area contributed by atoms with E-state index in [0.29, 0.717) is 24.6 Å². The fraction of sp³-hybridized carbons (Fsp3) is 0.227. The van der Waals surface area contributed by atoms with E-state index in [9.17, 15) is 5.11 Å². The molecule has 8 nitrogen and oxygen atoms in total. The molecule has 2 aromatic heterocycles. The molecule has 3 heterocycles. The molecule has 1 aromatic carbocycles. The molecule has 0 radical (unpaired) electrons. The van der Waals surface area contributed by atoms with E-state index in [-0.39, 0.29) is 12.4 Å². The molecule has 8 heteroatoms. The summed E-state index contributed by atoms with van der Waals surface area (Å²) in [5.41, 5.74) is 9.22. The zero-order chi connectivity index (χ0) is 21.3. The second kappa shape index (κ2) is 7.74. The number of aliphatic hydroxyl groups is 2. The molecule has 4 rings (SSSR count). The number of benzene rings is 1. The first-order chi connectivity index (χ1) is 14.4. The van der Waals surface area contributed by atoms with Crippen molar-refractivity contribution in [3.63, 3.8) is 0 Å². The van der Waals surface area contributed by atoms with Crippen LogP contribution in [0.2, 0.25) is 0 Å². The van der Waals surface area contributed by atoms with Gasteiger partial charge in [0.15, 0.2) is 5.84 Å². The monoisotopic (exact) mass is 404 g/mol. The van der Waals surface area contributed by atoms with Crippen LogP contribution in [0, 0.1) is 6.92 Å². The van der Waals surface area contributed by atoms with Crippen molar-refractivity contribution in [1.82, 2.24) is 19.4 Å². The molecule has 0 bridgehead atoms. The van der Waals surface area contributed by atoms with Gasteiger partial charge in [-0.15, -0.1) is 0 Å². The maximum atomic E-state index is 10.8. The molecule has 3 aromatic rings. The highest BCUT2D eigenvalue weighted by molar-refractivity contribution is 5.97. The lowest BCUT2D eigenvalue weighted by Crippen LogP contribution is -2.58. The Morgan fingerprint density at radius 2 is 1.87 bits per heavy atom. The van der Waals surface area contributed by atoms with E-state index in [0.717, 1.165) is 22.5 Å². The van der Waals surface area contributed by atoms with Crippen molar-refractivity contribution in [3.05, 3.63) is 90.0 Å². The molecule has 0 spiro atoms. The van der Waals surface area contributed by atoms with Crippen molar-refractivity contribution in [1.29, 1.82) is 0 Å². The summed E-state index contributed by atoms with van der Waals surface area (Å²) in [7, 11) is 0. The van der Waals surface area contributed by atoms with Crippen molar-refractivity contribution < 1.29 is 10.2 Å². The largest absolute Gasteiger partial charge is 0.392 e. The first kappa shape index (κ1) is 19.8. The Morgan fingerprint density at radius 3 is 2.50 bits per heavy atom. The number of aliphatic imine (C=N–C) groups is 1. The van der Waals surface area contributed by atoms with Gasteiger partial charge in [0, 0.05) is 18.1 Å². The standard InChI is InChI=1S/C22H24N6O2/c1-15-20(25-14-28(15)19-7-9-24-10-8-19)21(23)26-16(2)27-12-22(30,13-27)18-5-3-17(11-29)4-6-18/h3-10,14,29-30H,2,11-13H2,1H3,(H2,23,26). The van der Waals surface area contributed by atoms with E-state index in [2.05, 4.69) is 21.5 Å². The van der Waals surface area contributed by atoms with E-state index >= 15 is 0 Å². The number of hydrogen-bond acceptors (Lipinski definition) is 6. The fourth-order valence-electron chi connectivity index (χ4n) is 3.56. The Hall–Kier alpha value is -3.49. The predicted molar refractivity (Wildman–Crippen MR) is 114 cm³/mol. The SMILES string of the molecule is C=C(/N=C(/N)c1ncn(-c2ccncc2)c1C)N1CC(O)(c2ccc(CO)cc2)C1. The molecule has 1 aliphatic heterocycles. The number of aliphatic hydroxyl groups excluding tert-OH is 1. The minimum absolute atomic E-state index is 0.0219. The summed E-state index contributed by atoms with van der Waals surface area (Å²) < 4.78 is 1.92. The van der Waals surface area contributed by atoms with Crippen molar-refractivity contribution >= 4 is 5.84 Å². The molecule has 4 N–H and O–H groups in total. The summed E-state index contributed by atoms with van der Waals surface area (Å²) in [5.74, 6) is 0.745. The molecule has 1 saturated heterocycles. The maximum Gasteiger partial charge on any atom is 0.153 e. The van der Waals surface area contributed by atoms with Gasteiger partial charge < -0.3 is 25.4 Å². The Bertz CT molecular complexity index is 1080. The number of nitrogens with zero attached hydrogens (tertiary/aromatic N) is 5. The highest BCUT2D eigenvalue weighted by Crippen LogP contribution is 2.34. The van der Waals surface area contributed by atoms with Gasteiger partial charge in [-0.05, 0) is 30.2 Å². The second-order valence-corrected chi connectivity index (χ2v) is 7.41. The smallest absolute Gasteiger partial charge is 0.153 e. The molecule has 1 aliphatic rings. The van der Waals surface area contributed by atoms with Crippen LogP contribution in [-0.4, -0.2) is 48.6 Å². The number of nitrogens with two attached hydrogens (primary N) is 1. The molecule has 0 saturated carbocycles. The van der Waals surface area contributed by atoms with Crippen LogP contribution in [0.1, 0.15) is 22.5 Å². The van der Waals surface area contributed by atoms with Gasteiger partial charge in [-0.2, -0.15) is 0 Å². The second-order valence-electron chi connectivity index (χ2n) is 7.41. The molecule has 0 unspecified atom stereocenters. The average Bonchev–Trinajstić information content (AvgIpc) is 3.13. The van der Waals surface area contributed by atoms with Crippen molar-refractivity contribution in [2.45, 2.75) is 19.1 Å². The van der Waals surface area contributed by atoms with Crippen LogP contribution < -0.4 is 5.73 Å². The highest BCUT2D eigenvalue weighted by Gasteiger charge is 2.43. The van der Waals surface area contributed by atoms with Gasteiger partial charge in [0.05, 0.1) is 25.4 Å². The Balaban J connectivity index is 1.46. The van der Waals surface area contributed by atoms with Gasteiger partial charge in [0.2, 0.25) is 0 Å². The zero-order valence-electron chi connectivity index (χ0n) is 16.7. The summed E-state index contributed by atoms with van der Waals surface area (Å²) in [6, 6.07) is 11.1. The number of aromatic nitrogens is 3. The lowest BCUT2D eigenvalue weighted by atomic mass is 9.86. The first-order valence-electron chi connectivity index (χ1n) is 9.56. The third kappa shape index (κ3) is 3.58. The minimum Gasteiger partial charge on any atom is -0.392 e. The van der Waals surface area contributed by atoms with Gasteiger partial charge in [-0.25, -0.2) is 9.98 Å². The Kier molecular flexibility index (Phi) is 5.11. The number of amidine groups is 1. The molecule has 0 aliphatic carbocycles. The molecule has 0 atom stereocenters. The van der Waals surface area contributed by atoms with E-state index in [1.807, 2.05) is 52.8 Å². The minimum atomic E-state index is -0.972. The topological polar surface area (TPSA) is 113 Å². The van der Waals surface area contributed by atoms with Gasteiger partial charge in [0.25, 0.3) is 0 Å². The van der Waals surface area contributed by atoms with Crippen molar-refractivity contribution in [2.24, 2.45) is 10.7 Å². The van der Waals surface area contributed by atoms with Crippen LogP contribution >= 0.6 is 0 Å². The van der Waals surface area contributed by atoms with E-state index in [1.165, 1.54) is 0 Å². The summed E-state index contributed by atoms with van der Waals surface area (Å²) in [6.45, 7) is 6.63. The Labute approximate surface area is 174 Å². The number of hydrogen-bond donors (Lipinski definition) is 3. The van der Waals surface area contributed by atoms with Crippen LogP contribution in [0.4, 0.5) is 0 Å². The number of rotatable bonds is 6. The number of imidazole rings is 1. The van der Waals surface area contributed by atoms with Crippen LogP contribution in [0.5, 0.6) is 0 Å². The fourth-order valence-corrected chi connectivity index (χ4v) is 3.56. The highest BCUT2D eigenvalue weighted by atomic mass is 16.3. The quantitative estimate of drug-likeness (QED) is 0.423.